The van der Waals surface area contributed by atoms with E-state index in [0.29, 0.717) is 19.4 Å². The number of aliphatic hydroxyl groups is 1. The van der Waals surface area contributed by atoms with Crippen molar-refractivity contribution >= 4 is 11.8 Å². The van der Waals surface area contributed by atoms with Crippen LogP contribution in [0.15, 0.2) is 30.3 Å². The van der Waals surface area contributed by atoms with Crippen LogP contribution in [0.5, 0.6) is 0 Å². The Morgan fingerprint density at radius 2 is 1.78 bits per heavy atom. The Morgan fingerprint density at radius 1 is 1.22 bits per heavy atom. The molecule has 1 atom stereocenters. The average Bonchev–Trinajstić information content (AvgIpc) is 2.47. The molecule has 0 aliphatic heterocycles. The molecule has 0 saturated heterocycles. The van der Waals surface area contributed by atoms with Crippen LogP contribution in [0.4, 0.5) is 0 Å². The first-order valence-corrected chi connectivity index (χ1v) is 8.20. The van der Waals surface area contributed by atoms with E-state index in [9.17, 15) is 9.59 Å². The summed E-state index contributed by atoms with van der Waals surface area (Å²) in [5.41, 5.74) is -0.789. The van der Waals surface area contributed by atoms with E-state index in [-0.39, 0.29) is 11.8 Å². The number of ether oxygens (including phenoxy) is 1. The summed E-state index contributed by atoms with van der Waals surface area (Å²) >= 11 is 0. The van der Waals surface area contributed by atoms with Crippen molar-refractivity contribution in [2.24, 2.45) is 0 Å². The van der Waals surface area contributed by atoms with Crippen molar-refractivity contribution in [1.29, 1.82) is 0 Å². The van der Waals surface area contributed by atoms with Crippen molar-refractivity contribution in [2.75, 3.05) is 6.61 Å². The SMILES string of the molecule is CC(C)(C)O.CCOC(=O)C1(c2ccccc2)CCCCC1=O. The van der Waals surface area contributed by atoms with Gasteiger partial charge in [0.25, 0.3) is 0 Å². The van der Waals surface area contributed by atoms with E-state index in [4.69, 9.17) is 9.84 Å². The van der Waals surface area contributed by atoms with Crippen LogP contribution in [0, 0.1) is 0 Å². The lowest BCUT2D eigenvalue weighted by Gasteiger charge is -2.33. The Labute approximate surface area is 138 Å². The third-order valence-electron chi connectivity index (χ3n) is 3.57. The Hall–Kier alpha value is -1.68. The van der Waals surface area contributed by atoms with Crippen LogP contribution in [0.25, 0.3) is 0 Å². The van der Waals surface area contributed by atoms with Gasteiger partial charge in [-0.05, 0) is 46.1 Å². The largest absolute Gasteiger partial charge is 0.465 e. The number of benzene rings is 1. The molecule has 1 saturated carbocycles. The van der Waals surface area contributed by atoms with Crippen LogP contribution < -0.4 is 0 Å². The molecule has 0 amide bonds. The van der Waals surface area contributed by atoms with Crippen molar-refractivity contribution in [2.45, 2.75) is 64.4 Å². The van der Waals surface area contributed by atoms with Crippen molar-refractivity contribution in [1.82, 2.24) is 0 Å². The fraction of sp³-hybridized carbons (Fsp3) is 0.579. The zero-order valence-electron chi connectivity index (χ0n) is 14.6. The number of esters is 1. The van der Waals surface area contributed by atoms with E-state index in [0.717, 1.165) is 18.4 Å². The molecule has 0 spiro atoms. The van der Waals surface area contributed by atoms with Crippen molar-refractivity contribution in [3.8, 4) is 0 Å². The maximum absolute atomic E-state index is 12.3. The Kier molecular flexibility index (Phi) is 6.95. The minimum absolute atomic E-state index is 0.00148. The van der Waals surface area contributed by atoms with Gasteiger partial charge >= 0.3 is 5.97 Å². The Balaban J connectivity index is 0.000000463. The lowest BCUT2D eigenvalue weighted by Crippen LogP contribution is -2.46. The average molecular weight is 320 g/mol. The maximum atomic E-state index is 12.3. The number of Topliss-reactive ketones (excluding diaryl/α,β-unsaturated/α-hetero) is 1. The zero-order chi connectivity index (χ0) is 17.5. The first kappa shape index (κ1) is 19.4. The van der Waals surface area contributed by atoms with Crippen LogP contribution in [-0.4, -0.2) is 29.1 Å². The summed E-state index contributed by atoms with van der Waals surface area (Å²) in [6, 6.07) is 9.30. The van der Waals surface area contributed by atoms with Gasteiger partial charge in [-0.15, -0.1) is 0 Å². The Morgan fingerprint density at radius 3 is 2.26 bits per heavy atom. The summed E-state index contributed by atoms with van der Waals surface area (Å²) in [4.78, 5) is 24.6. The second-order valence-corrected chi connectivity index (χ2v) is 6.79. The van der Waals surface area contributed by atoms with Crippen molar-refractivity contribution < 1.29 is 19.4 Å². The van der Waals surface area contributed by atoms with Crippen molar-refractivity contribution in [3.63, 3.8) is 0 Å². The standard InChI is InChI=1S/C15H18O3.C4H10O/c1-2-18-14(17)15(11-7-6-10-13(15)16)12-8-4-3-5-9-12;1-4(2,3)5/h3-5,8-9H,2,6-7,10-11H2,1H3;5H,1-3H3. The van der Waals surface area contributed by atoms with Crippen LogP contribution in [-0.2, 0) is 19.7 Å². The summed E-state index contributed by atoms with van der Waals surface area (Å²) in [6.45, 7) is 7.30. The number of ketones is 1. The molecule has 1 aliphatic carbocycles. The third kappa shape index (κ3) is 5.47. The normalized spacial score (nSPS) is 21.2. The lowest BCUT2D eigenvalue weighted by atomic mass is 9.68. The fourth-order valence-corrected chi connectivity index (χ4v) is 2.64. The predicted molar refractivity (Wildman–Crippen MR) is 90.2 cm³/mol. The highest BCUT2D eigenvalue weighted by atomic mass is 16.5. The van der Waals surface area contributed by atoms with Gasteiger partial charge in [0.05, 0.1) is 12.2 Å². The molecule has 0 aromatic heterocycles. The number of hydrogen-bond donors (Lipinski definition) is 1. The molecule has 1 aromatic carbocycles. The molecule has 4 heteroatoms. The van der Waals surface area contributed by atoms with Gasteiger partial charge in [-0.2, -0.15) is 0 Å². The first-order chi connectivity index (χ1) is 10.7. The summed E-state index contributed by atoms with van der Waals surface area (Å²) in [5.74, 6) is -0.390. The first-order valence-electron chi connectivity index (χ1n) is 8.20. The molecule has 0 bridgehead atoms. The van der Waals surface area contributed by atoms with E-state index < -0.39 is 11.0 Å². The topological polar surface area (TPSA) is 63.6 Å². The molecule has 23 heavy (non-hydrogen) atoms. The maximum Gasteiger partial charge on any atom is 0.324 e. The summed E-state index contributed by atoms with van der Waals surface area (Å²) in [6.07, 6.45) is 2.79. The number of carbonyl (C=O) groups excluding carboxylic acids is 2. The zero-order valence-corrected chi connectivity index (χ0v) is 14.6. The summed E-state index contributed by atoms with van der Waals surface area (Å²) in [7, 11) is 0. The highest BCUT2D eigenvalue weighted by Gasteiger charge is 2.49. The third-order valence-corrected chi connectivity index (χ3v) is 3.57. The second-order valence-electron chi connectivity index (χ2n) is 6.79. The monoisotopic (exact) mass is 320 g/mol. The lowest BCUT2D eigenvalue weighted by molar-refractivity contribution is -0.155. The van der Waals surface area contributed by atoms with E-state index in [2.05, 4.69) is 0 Å². The fourth-order valence-electron chi connectivity index (χ4n) is 2.64. The summed E-state index contributed by atoms with van der Waals surface area (Å²) in [5, 5.41) is 8.52. The molecule has 1 N–H and O–H groups in total. The van der Waals surface area contributed by atoms with Gasteiger partial charge in [0.2, 0.25) is 0 Å². The van der Waals surface area contributed by atoms with Gasteiger partial charge in [0, 0.05) is 6.42 Å². The molecular formula is C19H28O4. The molecule has 128 valence electrons. The van der Waals surface area contributed by atoms with Crippen LogP contribution in [0.3, 0.4) is 0 Å². The minimum Gasteiger partial charge on any atom is -0.465 e. The highest BCUT2D eigenvalue weighted by Crippen LogP contribution is 2.38. The van der Waals surface area contributed by atoms with Gasteiger partial charge in [0.1, 0.15) is 0 Å². The summed E-state index contributed by atoms with van der Waals surface area (Å²) < 4.78 is 5.15. The number of hydrogen-bond acceptors (Lipinski definition) is 4. The van der Waals surface area contributed by atoms with E-state index >= 15 is 0 Å². The smallest absolute Gasteiger partial charge is 0.324 e. The van der Waals surface area contributed by atoms with Crippen LogP contribution in [0.2, 0.25) is 0 Å². The van der Waals surface area contributed by atoms with Gasteiger partial charge in [-0.3, -0.25) is 9.59 Å². The molecule has 2 rings (SSSR count). The molecule has 0 heterocycles. The molecule has 1 aliphatic rings. The molecule has 1 fully saturated rings. The van der Waals surface area contributed by atoms with E-state index in [1.165, 1.54) is 0 Å². The quantitative estimate of drug-likeness (QED) is 0.685. The minimum atomic E-state index is -1.06. The van der Waals surface area contributed by atoms with Crippen LogP contribution >= 0.6 is 0 Å². The predicted octanol–water partition coefficient (Wildman–Crippen LogP) is 3.41. The Bertz CT molecular complexity index is 510. The van der Waals surface area contributed by atoms with Gasteiger partial charge < -0.3 is 9.84 Å². The molecule has 0 radical (unpaired) electrons. The molecule has 1 unspecified atom stereocenters. The van der Waals surface area contributed by atoms with Gasteiger partial charge in [0.15, 0.2) is 11.2 Å². The van der Waals surface area contributed by atoms with Crippen LogP contribution in [0.1, 0.15) is 58.9 Å². The second kappa shape index (κ2) is 8.25. The number of rotatable bonds is 3. The van der Waals surface area contributed by atoms with Crippen molar-refractivity contribution in [3.05, 3.63) is 35.9 Å². The molecular weight excluding hydrogens is 292 g/mol. The molecule has 1 aromatic rings. The van der Waals surface area contributed by atoms with E-state index in [1.54, 1.807) is 27.7 Å². The number of carbonyl (C=O) groups is 2. The van der Waals surface area contributed by atoms with Gasteiger partial charge in [-0.1, -0.05) is 36.8 Å². The van der Waals surface area contributed by atoms with Gasteiger partial charge in [-0.25, -0.2) is 0 Å². The van der Waals surface area contributed by atoms with E-state index in [1.807, 2.05) is 30.3 Å². The highest BCUT2D eigenvalue weighted by molar-refractivity contribution is 6.10. The molecule has 4 nitrogen and oxygen atoms in total.